The number of rotatable bonds is 7. The van der Waals surface area contributed by atoms with E-state index in [0.29, 0.717) is 13.1 Å². The van der Waals surface area contributed by atoms with Crippen LogP contribution in [0, 0.1) is 6.92 Å². The topological polar surface area (TPSA) is 52.6 Å². The summed E-state index contributed by atoms with van der Waals surface area (Å²) in [4.78, 5) is 13.7. The molecule has 1 aromatic carbocycles. The predicted molar refractivity (Wildman–Crippen MR) is 77.1 cm³/mol. The molecule has 0 fully saturated rings. The smallest absolute Gasteiger partial charge is 0.237 e. The summed E-state index contributed by atoms with van der Waals surface area (Å²) in [5, 5.41) is 11.8. The monoisotopic (exact) mass is 264 g/mol. The number of aliphatic hydroxyl groups is 1. The Bertz CT molecular complexity index is 407. The number of aliphatic hydroxyl groups excluding tert-OH is 1. The van der Waals surface area contributed by atoms with Crippen LogP contribution in [-0.2, 0) is 11.2 Å². The average molecular weight is 264 g/mol. The van der Waals surface area contributed by atoms with E-state index in [0.717, 1.165) is 6.42 Å². The largest absolute Gasteiger partial charge is 0.395 e. The first-order valence-electron chi connectivity index (χ1n) is 6.69. The van der Waals surface area contributed by atoms with Crippen molar-refractivity contribution < 1.29 is 9.90 Å². The van der Waals surface area contributed by atoms with Crippen molar-refractivity contribution in [1.82, 2.24) is 10.2 Å². The Hall–Kier alpha value is -1.39. The van der Waals surface area contributed by atoms with Crippen LogP contribution in [0.15, 0.2) is 24.3 Å². The second kappa shape index (κ2) is 7.92. The molecule has 0 saturated heterocycles. The van der Waals surface area contributed by atoms with Crippen LogP contribution in [-0.4, -0.2) is 48.7 Å². The molecule has 1 unspecified atom stereocenters. The molecule has 0 aliphatic carbocycles. The van der Waals surface area contributed by atoms with Crippen molar-refractivity contribution in [2.75, 3.05) is 26.7 Å². The third-order valence-electron chi connectivity index (χ3n) is 3.45. The zero-order valence-electron chi connectivity index (χ0n) is 12.0. The first kappa shape index (κ1) is 15.7. The quantitative estimate of drug-likeness (QED) is 0.771. The van der Waals surface area contributed by atoms with Crippen LogP contribution in [0.5, 0.6) is 0 Å². The highest BCUT2D eigenvalue weighted by Gasteiger charge is 2.16. The van der Waals surface area contributed by atoms with E-state index in [1.54, 1.807) is 0 Å². The number of aryl methyl sites for hydroxylation is 1. The van der Waals surface area contributed by atoms with Crippen molar-refractivity contribution >= 4 is 5.91 Å². The Morgan fingerprint density at radius 3 is 2.74 bits per heavy atom. The third kappa shape index (κ3) is 5.01. The summed E-state index contributed by atoms with van der Waals surface area (Å²) in [5.74, 6) is 0.00420. The Balaban J connectivity index is 2.37. The van der Waals surface area contributed by atoms with Crippen LogP contribution in [0.4, 0.5) is 0 Å². The SMILES string of the molecule is Cc1ccccc1CCNC(=O)C(C)N(C)CCO. The van der Waals surface area contributed by atoms with E-state index in [-0.39, 0.29) is 18.6 Å². The zero-order chi connectivity index (χ0) is 14.3. The fraction of sp³-hybridized carbons (Fsp3) is 0.533. The summed E-state index contributed by atoms with van der Waals surface area (Å²) < 4.78 is 0. The van der Waals surface area contributed by atoms with E-state index in [9.17, 15) is 4.79 Å². The van der Waals surface area contributed by atoms with Gasteiger partial charge in [-0.15, -0.1) is 0 Å². The normalized spacial score (nSPS) is 12.5. The maximum atomic E-state index is 11.9. The molecule has 1 rings (SSSR count). The molecule has 19 heavy (non-hydrogen) atoms. The summed E-state index contributed by atoms with van der Waals surface area (Å²) in [6, 6.07) is 7.98. The van der Waals surface area contributed by atoms with E-state index < -0.39 is 0 Å². The molecule has 1 atom stereocenters. The molecule has 0 heterocycles. The first-order chi connectivity index (χ1) is 9.06. The number of likely N-dealkylation sites (N-methyl/N-ethyl adjacent to an activating group) is 1. The molecule has 0 spiro atoms. The van der Waals surface area contributed by atoms with E-state index in [2.05, 4.69) is 24.4 Å². The second-order valence-corrected chi connectivity index (χ2v) is 4.85. The van der Waals surface area contributed by atoms with Gasteiger partial charge in [0.1, 0.15) is 0 Å². The number of nitrogens with zero attached hydrogens (tertiary/aromatic N) is 1. The fourth-order valence-electron chi connectivity index (χ4n) is 1.91. The van der Waals surface area contributed by atoms with Crippen LogP contribution < -0.4 is 5.32 Å². The van der Waals surface area contributed by atoms with Crippen LogP contribution in [0.2, 0.25) is 0 Å². The van der Waals surface area contributed by atoms with Gasteiger partial charge >= 0.3 is 0 Å². The minimum atomic E-state index is -0.218. The van der Waals surface area contributed by atoms with Gasteiger partial charge in [-0.3, -0.25) is 9.69 Å². The lowest BCUT2D eigenvalue weighted by atomic mass is 10.1. The first-order valence-corrected chi connectivity index (χ1v) is 6.69. The Morgan fingerprint density at radius 1 is 1.42 bits per heavy atom. The van der Waals surface area contributed by atoms with Crippen molar-refractivity contribution in [3.8, 4) is 0 Å². The zero-order valence-corrected chi connectivity index (χ0v) is 12.0. The molecule has 106 valence electrons. The summed E-state index contributed by atoms with van der Waals surface area (Å²) in [6.45, 7) is 5.14. The molecule has 0 bridgehead atoms. The lowest BCUT2D eigenvalue weighted by Crippen LogP contribution is -2.44. The maximum absolute atomic E-state index is 11.9. The number of amides is 1. The third-order valence-corrected chi connectivity index (χ3v) is 3.45. The number of hydrogen-bond donors (Lipinski definition) is 2. The highest BCUT2D eigenvalue weighted by atomic mass is 16.3. The number of nitrogens with one attached hydrogen (secondary N) is 1. The lowest BCUT2D eigenvalue weighted by Gasteiger charge is -2.22. The van der Waals surface area contributed by atoms with Gasteiger partial charge in [0, 0.05) is 13.1 Å². The summed E-state index contributed by atoms with van der Waals surface area (Å²) >= 11 is 0. The van der Waals surface area contributed by atoms with Crippen molar-refractivity contribution in [1.29, 1.82) is 0 Å². The van der Waals surface area contributed by atoms with Gasteiger partial charge < -0.3 is 10.4 Å². The van der Waals surface area contributed by atoms with E-state index in [1.165, 1.54) is 11.1 Å². The molecule has 4 nitrogen and oxygen atoms in total. The molecular formula is C15H24N2O2. The summed E-state index contributed by atoms with van der Waals surface area (Å²) in [6.07, 6.45) is 0.842. The van der Waals surface area contributed by atoms with Crippen molar-refractivity contribution in [2.24, 2.45) is 0 Å². The van der Waals surface area contributed by atoms with Crippen LogP contribution in [0.1, 0.15) is 18.1 Å². The van der Waals surface area contributed by atoms with Crippen molar-refractivity contribution in [2.45, 2.75) is 26.3 Å². The molecule has 0 saturated carbocycles. The molecular weight excluding hydrogens is 240 g/mol. The minimum Gasteiger partial charge on any atom is -0.395 e. The molecule has 1 aromatic rings. The Kier molecular flexibility index (Phi) is 6.53. The summed E-state index contributed by atoms with van der Waals surface area (Å²) in [7, 11) is 1.84. The molecule has 4 heteroatoms. The van der Waals surface area contributed by atoms with Crippen LogP contribution in [0.25, 0.3) is 0 Å². The lowest BCUT2D eigenvalue weighted by molar-refractivity contribution is -0.125. The van der Waals surface area contributed by atoms with Gasteiger partial charge in [-0.2, -0.15) is 0 Å². The number of carbonyl (C=O) groups is 1. The highest BCUT2D eigenvalue weighted by molar-refractivity contribution is 5.81. The highest BCUT2D eigenvalue weighted by Crippen LogP contribution is 2.06. The minimum absolute atomic E-state index is 0.00420. The molecule has 0 aliphatic heterocycles. The van der Waals surface area contributed by atoms with Crippen LogP contribution in [0.3, 0.4) is 0 Å². The second-order valence-electron chi connectivity index (χ2n) is 4.85. The van der Waals surface area contributed by atoms with Crippen molar-refractivity contribution in [3.05, 3.63) is 35.4 Å². The van der Waals surface area contributed by atoms with Gasteiger partial charge in [-0.1, -0.05) is 24.3 Å². The summed E-state index contributed by atoms with van der Waals surface area (Å²) in [5.41, 5.74) is 2.52. The fourth-order valence-corrected chi connectivity index (χ4v) is 1.91. The van der Waals surface area contributed by atoms with Gasteiger partial charge in [0.25, 0.3) is 0 Å². The number of benzene rings is 1. The molecule has 1 amide bonds. The van der Waals surface area contributed by atoms with Gasteiger partial charge in [0.05, 0.1) is 12.6 Å². The van der Waals surface area contributed by atoms with E-state index in [1.807, 2.05) is 31.0 Å². The van der Waals surface area contributed by atoms with E-state index >= 15 is 0 Å². The average Bonchev–Trinajstić information content (AvgIpc) is 2.40. The number of carbonyl (C=O) groups excluding carboxylic acids is 1. The Labute approximate surface area is 115 Å². The van der Waals surface area contributed by atoms with Crippen molar-refractivity contribution in [3.63, 3.8) is 0 Å². The molecule has 0 radical (unpaired) electrons. The van der Waals surface area contributed by atoms with Gasteiger partial charge in [-0.25, -0.2) is 0 Å². The van der Waals surface area contributed by atoms with Gasteiger partial charge in [-0.05, 0) is 38.4 Å². The standard InChI is InChI=1S/C15H24N2O2/c1-12-6-4-5-7-14(12)8-9-16-15(19)13(2)17(3)10-11-18/h4-7,13,18H,8-11H2,1-3H3,(H,16,19). The Morgan fingerprint density at radius 2 is 2.11 bits per heavy atom. The predicted octanol–water partition coefficient (Wildman–Crippen LogP) is 0.966. The van der Waals surface area contributed by atoms with Gasteiger partial charge in [0.15, 0.2) is 0 Å². The maximum Gasteiger partial charge on any atom is 0.237 e. The molecule has 0 aliphatic rings. The van der Waals surface area contributed by atoms with Gasteiger partial charge in [0.2, 0.25) is 5.91 Å². The number of hydrogen-bond acceptors (Lipinski definition) is 3. The van der Waals surface area contributed by atoms with Crippen LogP contribution >= 0.6 is 0 Å². The molecule has 0 aromatic heterocycles. The molecule has 2 N–H and O–H groups in total. The van der Waals surface area contributed by atoms with E-state index in [4.69, 9.17) is 5.11 Å².